The number of hydrogen-bond donors (Lipinski definition) is 2. The van der Waals surface area contributed by atoms with Crippen molar-refractivity contribution in [1.82, 2.24) is 0 Å². The van der Waals surface area contributed by atoms with Gasteiger partial charge in [-0.1, -0.05) is 13.8 Å². The molecule has 0 aliphatic carbocycles. The van der Waals surface area contributed by atoms with E-state index in [-0.39, 0.29) is 17.7 Å². The highest BCUT2D eigenvalue weighted by molar-refractivity contribution is 5.99. The molecule has 2 amide bonds. The number of rotatable bonds is 2. The van der Waals surface area contributed by atoms with E-state index in [4.69, 9.17) is 4.74 Å². The summed E-state index contributed by atoms with van der Waals surface area (Å²) in [4.78, 5) is 23.0. The molecular formula is C13H16N2O3. The number of carbonyl (C=O) groups is 2. The molecular weight excluding hydrogens is 232 g/mol. The Bertz CT molecular complexity index is 497. The summed E-state index contributed by atoms with van der Waals surface area (Å²) in [5.41, 5.74) is 1.23. The standard InChI is InChI=1S/C13H16N2O3/c1-7(2)12(16)14-9-4-5-11-10(6-9)15-13(17)8(3)18-11/h4-8H,1-3H3,(H,14,16)(H,15,17)/t8-/m1/s1. The molecule has 96 valence electrons. The van der Waals surface area contributed by atoms with E-state index < -0.39 is 6.10 Å². The van der Waals surface area contributed by atoms with Gasteiger partial charge in [0.15, 0.2) is 6.10 Å². The zero-order valence-electron chi connectivity index (χ0n) is 10.6. The Morgan fingerprint density at radius 3 is 2.83 bits per heavy atom. The average Bonchev–Trinajstić information content (AvgIpc) is 2.31. The second-order valence-corrected chi connectivity index (χ2v) is 4.60. The summed E-state index contributed by atoms with van der Waals surface area (Å²) in [6.45, 7) is 5.33. The van der Waals surface area contributed by atoms with Gasteiger partial charge in [-0.05, 0) is 25.1 Å². The third kappa shape index (κ3) is 2.45. The monoisotopic (exact) mass is 248 g/mol. The summed E-state index contributed by atoms with van der Waals surface area (Å²) in [7, 11) is 0. The highest BCUT2D eigenvalue weighted by atomic mass is 16.5. The first-order chi connectivity index (χ1) is 8.47. The Morgan fingerprint density at radius 2 is 2.17 bits per heavy atom. The van der Waals surface area contributed by atoms with Gasteiger partial charge in [-0.2, -0.15) is 0 Å². The lowest BCUT2D eigenvalue weighted by molar-refractivity contribution is -0.122. The first-order valence-corrected chi connectivity index (χ1v) is 5.90. The number of benzene rings is 1. The third-order valence-corrected chi connectivity index (χ3v) is 2.70. The SMILES string of the molecule is CC(C)C(=O)Nc1ccc2c(c1)NC(=O)[C@@H](C)O2. The Labute approximate surface area is 106 Å². The molecule has 0 unspecified atom stereocenters. The maximum absolute atomic E-state index is 11.6. The van der Waals surface area contributed by atoms with Gasteiger partial charge in [0.2, 0.25) is 5.91 Å². The highest BCUT2D eigenvalue weighted by Crippen LogP contribution is 2.32. The topological polar surface area (TPSA) is 67.4 Å². The van der Waals surface area contributed by atoms with Gasteiger partial charge in [-0.3, -0.25) is 9.59 Å². The number of ether oxygens (including phenoxy) is 1. The molecule has 1 aliphatic heterocycles. The summed E-state index contributed by atoms with van der Waals surface area (Å²) >= 11 is 0. The fourth-order valence-corrected chi connectivity index (χ4v) is 1.57. The van der Waals surface area contributed by atoms with E-state index in [1.807, 2.05) is 13.8 Å². The molecule has 1 heterocycles. The van der Waals surface area contributed by atoms with Crippen LogP contribution in [0.25, 0.3) is 0 Å². The smallest absolute Gasteiger partial charge is 0.265 e. The fraction of sp³-hybridized carbons (Fsp3) is 0.385. The highest BCUT2D eigenvalue weighted by Gasteiger charge is 2.23. The number of nitrogens with one attached hydrogen (secondary N) is 2. The summed E-state index contributed by atoms with van der Waals surface area (Å²) < 4.78 is 5.43. The summed E-state index contributed by atoms with van der Waals surface area (Å²) in [6.07, 6.45) is -0.492. The average molecular weight is 248 g/mol. The van der Waals surface area contributed by atoms with E-state index in [2.05, 4.69) is 10.6 Å². The van der Waals surface area contributed by atoms with Gasteiger partial charge in [0.05, 0.1) is 5.69 Å². The summed E-state index contributed by atoms with van der Waals surface area (Å²) in [5, 5.41) is 5.51. The van der Waals surface area contributed by atoms with Crippen molar-refractivity contribution < 1.29 is 14.3 Å². The molecule has 1 atom stereocenters. The van der Waals surface area contributed by atoms with Gasteiger partial charge in [0.1, 0.15) is 5.75 Å². The lowest BCUT2D eigenvalue weighted by Crippen LogP contribution is -2.34. The second kappa shape index (κ2) is 4.68. The maximum Gasteiger partial charge on any atom is 0.265 e. The van der Waals surface area contributed by atoms with Gasteiger partial charge in [0, 0.05) is 11.6 Å². The van der Waals surface area contributed by atoms with Crippen molar-refractivity contribution in [3.05, 3.63) is 18.2 Å². The Morgan fingerprint density at radius 1 is 1.44 bits per heavy atom. The van der Waals surface area contributed by atoms with Crippen molar-refractivity contribution in [1.29, 1.82) is 0 Å². The Balaban J connectivity index is 2.20. The van der Waals surface area contributed by atoms with Crippen LogP contribution in [0.3, 0.4) is 0 Å². The molecule has 0 fully saturated rings. The largest absolute Gasteiger partial charge is 0.479 e. The number of amides is 2. The lowest BCUT2D eigenvalue weighted by Gasteiger charge is -2.23. The molecule has 0 saturated heterocycles. The zero-order chi connectivity index (χ0) is 13.3. The van der Waals surface area contributed by atoms with E-state index >= 15 is 0 Å². The Hall–Kier alpha value is -2.04. The molecule has 5 nitrogen and oxygen atoms in total. The molecule has 2 rings (SSSR count). The minimum absolute atomic E-state index is 0.0635. The molecule has 1 aromatic rings. The second-order valence-electron chi connectivity index (χ2n) is 4.60. The van der Waals surface area contributed by atoms with Crippen LogP contribution < -0.4 is 15.4 Å². The minimum Gasteiger partial charge on any atom is -0.479 e. The quantitative estimate of drug-likeness (QED) is 0.841. The van der Waals surface area contributed by atoms with Crippen LogP contribution >= 0.6 is 0 Å². The first kappa shape index (κ1) is 12.4. The van der Waals surface area contributed by atoms with Crippen LogP contribution in [0, 0.1) is 5.92 Å². The predicted molar refractivity (Wildman–Crippen MR) is 68.6 cm³/mol. The van der Waals surface area contributed by atoms with Crippen LogP contribution in [-0.2, 0) is 9.59 Å². The number of anilines is 2. The van der Waals surface area contributed by atoms with Crippen molar-refractivity contribution in [2.24, 2.45) is 5.92 Å². The first-order valence-electron chi connectivity index (χ1n) is 5.90. The third-order valence-electron chi connectivity index (χ3n) is 2.70. The number of carbonyl (C=O) groups excluding carboxylic acids is 2. The van der Waals surface area contributed by atoms with E-state index in [0.29, 0.717) is 17.1 Å². The normalized spacial score (nSPS) is 17.8. The number of hydrogen-bond acceptors (Lipinski definition) is 3. The van der Waals surface area contributed by atoms with Gasteiger partial charge < -0.3 is 15.4 Å². The van der Waals surface area contributed by atoms with Gasteiger partial charge in [-0.25, -0.2) is 0 Å². The van der Waals surface area contributed by atoms with Crippen LogP contribution in [0.15, 0.2) is 18.2 Å². The lowest BCUT2D eigenvalue weighted by atomic mass is 10.1. The Kier molecular flexibility index (Phi) is 3.23. The number of fused-ring (bicyclic) bond motifs is 1. The van der Waals surface area contributed by atoms with Gasteiger partial charge >= 0.3 is 0 Å². The van der Waals surface area contributed by atoms with Crippen LogP contribution in [0.4, 0.5) is 11.4 Å². The molecule has 0 radical (unpaired) electrons. The molecule has 18 heavy (non-hydrogen) atoms. The van der Waals surface area contributed by atoms with E-state index in [9.17, 15) is 9.59 Å². The van der Waals surface area contributed by atoms with Crippen molar-refractivity contribution in [2.45, 2.75) is 26.9 Å². The van der Waals surface area contributed by atoms with Gasteiger partial charge in [-0.15, -0.1) is 0 Å². The predicted octanol–water partition coefficient (Wildman–Crippen LogP) is 2.00. The van der Waals surface area contributed by atoms with E-state index in [0.717, 1.165) is 0 Å². The van der Waals surface area contributed by atoms with Crippen molar-refractivity contribution >= 4 is 23.2 Å². The van der Waals surface area contributed by atoms with Crippen molar-refractivity contribution in [3.63, 3.8) is 0 Å². The molecule has 0 saturated carbocycles. The molecule has 1 aromatic carbocycles. The molecule has 0 spiro atoms. The summed E-state index contributed by atoms with van der Waals surface area (Å²) in [5.74, 6) is 0.276. The molecule has 0 aromatic heterocycles. The molecule has 1 aliphatic rings. The zero-order valence-corrected chi connectivity index (χ0v) is 10.6. The van der Waals surface area contributed by atoms with E-state index in [1.165, 1.54) is 0 Å². The molecule has 5 heteroatoms. The minimum atomic E-state index is -0.492. The van der Waals surface area contributed by atoms with Crippen LogP contribution in [0.5, 0.6) is 5.75 Å². The maximum atomic E-state index is 11.6. The van der Waals surface area contributed by atoms with Crippen molar-refractivity contribution in [3.8, 4) is 5.75 Å². The van der Waals surface area contributed by atoms with Crippen LogP contribution in [-0.4, -0.2) is 17.9 Å². The fourth-order valence-electron chi connectivity index (χ4n) is 1.57. The molecule has 2 N–H and O–H groups in total. The molecule has 0 bridgehead atoms. The van der Waals surface area contributed by atoms with Crippen molar-refractivity contribution in [2.75, 3.05) is 10.6 Å². The van der Waals surface area contributed by atoms with Gasteiger partial charge in [0.25, 0.3) is 5.91 Å². The summed E-state index contributed by atoms with van der Waals surface area (Å²) in [6, 6.07) is 5.18. The van der Waals surface area contributed by atoms with Crippen LogP contribution in [0.2, 0.25) is 0 Å². The van der Waals surface area contributed by atoms with E-state index in [1.54, 1.807) is 25.1 Å². The van der Waals surface area contributed by atoms with Crippen LogP contribution in [0.1, 0.15) is 20.8 Å².